The Morgan fingerprint density at radius 2 is 2.11 bits per heavy atom. The first-order valence-electron chi connectivity index (χ1n) is 6.34. The van der Waals surface area contributed by atoms with Crippen LogP contribution in [0.15, 0.2) is 18.2 Å². The van der Waals surface area contributed by atoms with Crippen molar-refractivity contribution in [1.29, 1.82) is 0 Å². The van der Waals surface area contributed by atoms with Gasteiger partial charge in [-0.2, -0.15) is 0 Å². The summed E-state index contributed by atoms with van der Waals surface area (Å²) < 4.78 is 13.2. The average molecular weight is 248 g/mol. The number of nitrogens with two attached hydrogens (primary N) is 1. The minimum Gasteiger partial charge on any atom is -0.335 e. The second-order valence-corrected chi connectivity index (χ2v) is 5.63. The second-order valence-electron chi connectivity index (χ2n) is 5.63. The molecule has 1 saturated carbocycles. The van der Waals surface area contributed by atoms with Gasteiger partial charge in [-0.25, -0.2) is 4.39 Å². The third-order valence-electron chi connectivity index (χ3n) is 4.08. The summed E-state index contributed by atoms with van der Waals surface area (Å²) in [6, 6.07) is 4.32. The van der Waals surface area contributed by atoms with Crippen molar-refractivity contribution >= 4 is 5.91 Å². The van der Waals surface area contributed by atoms with Gasteiger partial charge in [0.05, 0.1) is 5.54 Å². The second kappa shape index (κ2) is 3.79. The van der Waals surface area contributed by atoms with E-state index in [4.69, 9.17) is 5.73 Å². The van der Waals surface area contributed by atoms with Crippen molar-refractivity contribution in [3.8, 4) is 0 Å². The van der Waals surface area contributed by atoms with Crippen LogP contribution in [0.5, 0.6) is 0 Å². The van der Waals surface area contributed by atoms with Gasteiger partial charge < -0.3 is 10.6 Å². The van der Waals surface area contributed by atoms with Gasteiger partial charge in [0.25, 0.3) is 5.91 Å². The summed E-state index contributed by atoms with van der Waals surface area (Å²) in [5.74, 6) is 0.106. The molecule has 2 N–H and O–H groups in total. The van der Waals surface area contributed by atoms with E-state index < -0.39 is 0 Å². The molecule has 1 aromatic rings. The minimum absolute atomic E-state index is 0.103. The molecule has 1 aliphatic carbocycles. The summed E-state index contributed by atoms with van der Waals surface area (Å²) in [4.78, 5) is 14.0. The van der Waals surface area contributed by atoms with E-state index in [2.05, 4.69) is 0 Å². The molecule has 3 rings (SSSR count). The van der Waals surface area contributed by atoms with E-state index in [0.717, 1.165) is 5.56 Å². The molecule has 0 aromatic heterocycles. The van der Waals surface area contributed by atoms with Gasteiger partial charge in [0.1, 0.15) is 5.82 Å². The van der Waals surface area contributed by atoms with Crippen molar-refractivity contribution in [1.82, 2.24) is 4.90 Å². The van der Waals surface area contributed by atoms with E-state index >= 15 is 0 Å². The normalized spacial score (nSPS) is 21.6. The number of hydrogen-bond acceptors (Lipinski definition) is 2. The van der Waals surface area contributed by atoms with Crippen LogP contribution in [0.2, 0.25) is 0 Å². The fourth-order valence-corrected chi connectivity index (χ4v) is 2.72. The molecule has 1 heterocycles. The lowest BCUT2D eigenvalue weighted by atomic mass is 9.85. The smallest absolute Gasteiger partial charge is 0.254 e. The summed E-state index contributed by atoms with van der Waals surface area (Å²) >= 11 is 0. The zero-order valence-corrected chi connectivity index (χ0v) is 10.4. The molecule has 1 aliphatic heterocycles. The number of benzene rings is 1. The van der Waals surface area contributed by atoms with Crippen molar-refractivity contribution in [3.05, 3.63) is 35.1 Å². The largest absolute Gasteiger partial charge is 0.335 e. The maximum Gasteiger partial charge on any atom is 0.254 e. The van der Waals surface area contributed by atoms with Crippen LogP contribution in [0.25, 0.3) is 0 Å². The Bertz CT molecular complexity index is 505. The predicted octanol–water partition coefficient (Wildman–Crippen LogP) is 1.70. The Kier molecular flexibility index (Phi) is 2.45. The molecule has 0 radical (unpaired) electrons. The van der Waals surface area contributed by atoms with Crippen LogP contribution in [-0.2, 0) is 0 Å². The van der Waals surface area contributed by atoms with Crippen LogP contribution >= 0.6 is 0 Å². The maximum atomic E-state index is 13.2. The molecule has 1 amide bonds. The molecule has 1 aromatic carbocycles. The van der Waals surface area contributed by atoms with Crippen LogP contribution in [-0.4, -0.2) is 29.4 Å². The van der Waals surface area contributed by atoms with Crippen LogP contribution < -0.4 is 5.73 Å². The summed E-state index contributed by atoms with van der Waals surface area (Å²) in [6.07, 6.45) is 2.36. The maximum absolute atomic E-state index is 13.2. The number of halogens is 1. The highest BCUT2D eigenvalue weighted by Crippen LogP contribution is 2.43. The third kappa shape index (κ3) is 1.81. The highest BCUT2D eigenvalue weighted by atomic mass is 19.1. The Labute approximate surface area is 106 Å². The van der Waals surface area contributed by atoms with Gasteiger partial charge in [-0.3, -0.25) is 4.79 Å². The Hall–Kier alpha value is -1.42. The summed E-state index contributed by atoms with van der Waals surface area (Å²) in [7, 11) is 0. The molecular formula is C14H17FN2O. The molecule has 2 aliphatic rings. The Morgan fingerprint density at radius 3 is 2.72 bits per heavy atom. The molecule has 0 atom stereocenters. The first-order chi connectivity index (χ1) is 8.49. The van der Waals surface area contributed by atoms with Gasteiger partial charge >= 0.3 is 0 Å². The Balaban J connectivity index is 1.74. The van der Waals surface area contributed by atoms with Crippen LogP contribution in [0.1, 0.15) is 28.8 Å². The molecule has 1 saturated heterocycles. The van der Waals surface area contributed by atoms with Crippen molar-refractivity contribution in [3.63, 3.8) is 0 Å². The highest BCUT2D eigenvalue weighted by molar-refractivity contribution is 5.96. The number of nitrogens with zero attached hydrogens (tertiary/aromatic N) is 1. The Morgan fingerprint density at radius 1 is 1.44 bits per heavy atom. The molecule has 0 unspecified atom stereocenters. The number of hydrogen-bond donors (Lipinski definition) is 1. The quantitative estimate of drug-likeness (QED) is 0.866. The van der Waals surface area contributed by atoms with E-state index in [1.165, 1.54) is 25.0 Å². The number of rotatable bonds is 2. The number of aryl methyl sites for hydroxylation is 1. The first kappa shape index (κ1) is 11.7. The van der Waals surface area contributed by atoms with Crippen LogP contribution in [0.4, 0.5) is 4.39 Å². The van der Waals surface area contributed by atoms with Crippen molar-refractivity contribution < 1.29 is 9.18 Å². The van der Waals surface area contributed by atoms with Crippen LogP contribution in [0, 0.1) is 18.7 Å². The lowest BCUT2D eigenvalue weighted by molar-refractivity contribution is 0.0349. The zero-order valence-electron chi connectivity index (χ0n) is 10.4. The molecular weight excluding hydrogens is 231 g/mol. The summed E-state index contributed by atoms with van der Waals surface area (Å²) in [5, 5.41) is 0. The molecule has 18 heavy (non-hydrogen) atoms. The van der Waals surface area contributed by atoms with Gasteiger partial charge in [0.15, 0.2) is 0 Å². The van der Waals surface area contributed by atoms with E-state index in [0.29, 0.717) is 24.6 Å². The lowest BCUT2D eigenvalue weighted by Gasteiger charge is -2.48. The van der Waals surface area contributed by atoms with Gasteiger partial charge in [0, 0.05) is 18.7 Å². The molecule has 3 nitrogen and oxygen atoms in total. The summed E-state index contributed by atoms with van der Waals surface area (Å²) in [5.41, 5.74) is 7.29. The minimum atomic E-state index is -0.370. The van der Waals surface area contributed by atoms with Crippen LogP contribution in [0.3, 0.4) is 0 Å². The SMILES string of the molecule is Cc1ccc(F)cc1C(=O)N1CC(N)(C2CC2)C1. The zero-order chi connectivity index (χ0) is 12.9. The van der Waals surface area contributed by atoms with E-state index in [1.807, 2.05) is 6.92 Å². The predicted molar refractivity (Wildman–Crippen MR) is 66.7 cm³/mol. The fraction of sp³-hybridized carbons (Fsp3) is 0.500. The topological polar surface area (TPSA) is 46.3 Å². The molecule has 4 heteroatoms. The highest BCUT2D eigenvalue weighted by Gasteiger charge is 2.51. The first-order valence-corrected chi connectivity index (χ1v) is 6.34. The standard InChI is InChI=1S/C14H17FN2O/c1-9-2-5-11(15)6-12(9)13(18)17-7-14(16,8-17)10-3-4-10/h2,5-6,10H,3-4,7-8,16H2,1H3. The number of likely N-dealkylation sites (tertiary alicyclic amines) is 1. The van der Waals surface area contributed by atoms with E-state index in [1.54, 1.807) is 11.0 Å². The molecule has 0 bridgehead atoms. The average Bonchev–Trinajstić information content (AvgIpc) is 3.11. The number of carbonyl (C=O) groups excluding carboxylic acids is 1. The van der Waals surface area contributed by atoms with Gasteiger partial charge in [-0.05, 0) is 43.4 Å². The van der Waals surface area contributed by atoms with E-state index in [-0.39, 0.29) is 17.3 Å². The third-order valence-corrected chi connectivity index (χ3v) is 4.08. The molecule has 0 spiro atoms. The molecule has 2 fully saturated rings. The van der Waals surface area contributed by atoms with Crippen molar-refractivity contribution in [2.24, 2.45) is 11.7 Å². The van der Waals surface area contributed by atoms with Gasteiger partial charge in [-0.1, -0.05) is 6.07 Å². The fourth-order valence-electron chi connectivity index (χ4n) is 2.72. The molecule has 96 valence electrons. The summed E-state index contributed by atoms with van der Waals surface area (Å²) in [6.45, 7) is 3.03. The van der Waals surface area contributed by atoms with Gasteiger partial charge in [0.2, 0.25) is 0 Å². The van der Waals surface area contributed by atoms with Gasteiger partial charge in [-0.15, -0.1) is 0 Å². The van der Waals surface area contributed by atoms with Crippen molar-refractivity contribution in [2.75, 3.05) is 13.1 Å². The van der Waals surface area contributed by atoms with Crippen molar-refractivity contribution in [2.45, 2.75) is 25.3 Å². The lowest BCUT2D eigenvalue weighted by Crippen LogP contribution is -2.69. The van der Waals surface area contributed by atoms with E-state index in [9.17, 15) is 9.18 Å². The monoisotopic (exact) mass is 248 g/mol. The number of amides is 1. The number of carbonyl (C=O) groups is 1.